The third kappa shape index (κ3) is 3.29. The summed E-state index contributed by atoms with van der Waals surface area (Å²) in [7, 11) is 0. The highest BCUT2D eigenvalue weighted by Gasteiger charge is 2.17. The fraction of sp³-hybridized carbons (Fsp3) is 0.714. The second-order valence-electron chi connectivity index (χ2n) is 2.60. The van der Waals surface area contributed by atoms with E-state index < -0.39 is 6.09 Å². The number of ether oxygens (including phenoxy) is 2. The molecule has 1 aliphatic heterocycles. The second-order valence-corrected chi connectivity index (χ2v) is 2.60. The summed E-state index contributed by atoms with van der Waals surface area (Å²) in [6.45, 7) is 1.86. The van der Waals surface area contributed by atoms with Crippen molar-refractivity contribution >= 4 is 12.0 Å². The van der Waals surface area contributed by atoms with Crippen molar-refractivity contribution in [3.63, 3.8) is 0 Å². The molecule has 0 saturated carbocycles. The molecule has 1 fully saturated rings. The monoisotopic (exact) mass is 188 g/mol. The van der Waals surface area contributed by atoms with Crippen LogP contribution in [0.3, 0.4) is 0 Å². The van der Waals surface area contributed by atoms with Gasteiger partial charge in [-0.05, 0) is 0 Å². The topological polar surface area (TPSA) is 81.9 Å². The SMILES string of the molecule is NC(=O)OCC(=O)N1CCOCC1. The number of carbonyl (C=O) groups is 2. The Morgan fingerprint density at radius 2 is 2.00 bits per heavy atom. The Balaban J connectivity index is 2.25. The van der Waals surface area contributed by atoms with Crippen molar-refractivity contribution in [3.8, 4) is 0 Å². The van der Waals surface area contributed by atoms with Gasteiger partial charge in [0, 0.05) is 13.1 Å². The molecule has 1 aliphatic rings. The number of hydrogen-bond donors (Lipinski definition) is 1. The van der Waals surface area contributed by atoms with E-state index in [1.807, 2.05) is 0 Å². The van der Waals surface area contributed by atoms with Gasteiger partial charge >= 0.3 is 6.09 Å². The van der Waals surface area contributed by atoms with Crippen LogP contribution in [0.25, 0.3) is 0 Å². The van der Waals surface area contributed by atoms with Crippen molar-refractivity contribution in [1.82, 2.24) is 4.90 Å². The summed E-state index contributed by atoms with van der Waals surface area (Å²) in [6, 6.07) is 0. The molecule has 1 rings (SSSR count). The zero-order chi connectivity index (χ0) is 9.68. The molecule has 0 spiro atoms. The largest absolute Gasteiger partial charge is 0.440 e. The van der Waals surface area contributed by atoms with Gasteiger partial charge in [-0.25, -0.2) is 4.79 Å². The Hall–Kier alpha value is -1.30. The van der Waals surface area contributed by atoms with Gasteiger partial charge in [0.05, 0.1) is 13.2 Å². The normalized spacial score (nSPS) is 16.8. The minimum absolute atomic E-state index is 0.234. The fourth-order valence-corrected chi connectivity index (χ4v) is 1.04. The van der Waals surface area contributed by atoms with Gasteiger partial charge in [0.25, 0.3) is 5.91 Å². The smallest absolute Gasteiger partial charge is 0.405 e. The van der Waals surface area contributed by atoms with E-state index in [1.54, 1.807) is 4.90 Å². The number of rotatable bonds is 2. The molecule has 6 nitrogen and oxygen atoms in total. The molecule has 74 valence electrons. The number of morpholine rings is 1. The molecular weight excluding hydrogens is 176 g/mol. The average Bonchev–Trinajstić information content (AvgIpc) is 2.15. The van der Waals surface area contributed by atoms with Gasteiger partial charge in [0.15, 0.2) is 6.61 Å². The van der Waals surface area contributed by atoms with Crippen molar-refractivity contribution in [2.24, 2.45) is 5.73 Å². The Morgan fingerprint density at radius 3 is 2.54 bits per heavy atom. The first kappa shape index (κ1) is 9.79. The lowest BCUT2D eigenvalue weighted by Crippen LogP contribution is -2.43. The van der Waals surface area contributed by atoms with Crippen LogP contribution in [0.15, 0.2) is 0 Å². The van der Waals surface area contributed by atoms with Crippen LogP contribution in [0.4, 0.5) is 4.79 Å². The summed E-state index contributed by atoms with van der Waals surface area (Å²) < 4.78 is 9.41. The third-order valence-corrected chi connectivity index (χ3v) is 1.70. The Kier molecular flexibility index (Phi) is 3.51. The predicted octanol–water partition coefficient (Wildman–Crippen LogP) is -1.06. The molecule has 13 heavy (non-hydrogen) atoms. The summed E-state index contributed by atoms with van der Waals surface area (Å²) >= 11 is 0. The lowest BCUT2D eigenvalue weighted by atomic mass is 10.4. The van der Waals surface area contributed by atoms with Gasteiger partial charge in [0.1, 0.15) is 0 Å². The first-order chi connectivity index (χ1) is 6.20. The van der Waals surface area contributed by atoms with Crippen LogP contribution in [0, 0.1) is 0 Å². The van der Waals surface area contributed by atoms with Gasteiger partial charge in [0.2, 0.25) is 0 Å². The number of hydrogen-bond acceptors (Lipinski definition) is 4. The van der Waals surface area contributed by atoms with Crippen molar-refractivity contribution in [3.05, 3.63) is 0 Å². The van der Waals surface area contributed by atoms with Crippen LogP contribution in [0.1, 0.15) is 0 Å². The van der Waals surface area contributed by atoms with E-state index in [0.717, 1.165) is 0 Å². The minimum atomic E-state index is -0.929. The van der Waals surface area contributed by atoms with Crippen LogP contribution < -0.4 is 5.73 Å². The van der Waals surface area contributed by atoms with Gasteiger partial charge < -0.3 is 20.1 Å². The highest BCUT2D eigenvalue weighted by Crippen LogP contribution is 1.97. The summed E-state index contributed by atoms with van der Waals surface area (Å²) in [5.41, 5.74) is 4.71. The summed E-state index contributed by atoms with van der Waals surface area (Å²) in [4.78, 5) is 23.0. The number of carbonyl (C=O) groups excluding carboxylic acids is 2. The molecule has 0 unspecified atom stereocenters. The van der Waals surface area contributed by atoms with E-state index in [9.17, 15) is 9.59 Å². The standard InChI is InChI=1S/C7H12N2O4/c8-7(11)13-5-6(10)9-1-3-12-4-2-9/h1-5H2,(H2,8,11). The maximum absolute atomic E-state index is 11.2. The maximum Gasteiger partial charge on any atom is 0.405 e. The van der Waals surface area contributed by atoms with Gasteiger partial charge in [-0.3, -0.25) is 4.79 Å². The number of nitrogens with two attached hydrogens (primary N) is 1. The Labute approximate surface area is 75.6 Å². The molecule has 6 heteroatoms. The molecule has 0 aliphatic carbocycles. The highest BCUT2D eigenvalue weighted by molar-refractivity contribution is 5.79. The molecule has 0 radical (unpaired) electrons. The molecule has 2 N–H and O–H groups in total. The van der Waals surface area contributed by atoms with E-state index in [0.29, 0.717) is 26.3 Å². The third-order valence-electron chi connectivity index (χ3n) is 1.70. The van der Waals surface area contributed by atoms with Gasteiger partial charge in [-0.1, -0.05) is 0 Å². The van der Waals surface area contributed by atoms with E-state index in [-0.39, 0.29) is 12.5 Å². The van der Waals surface area contributed by atoms with E-state index >= 15 is 0 Å². The number of nitrogens with zero attached hydrogens (tertiary/aromatic N) is 1. The Bertz CT molecular complexity index is 201. The van der Waals surface area contributed by atoms with Crippen LogP contribution in [0.5, 0.6) is 0 Å². The van der Waals surface area contributed by atoms with Crippen LogP contribution in [0.2, 0.25) is 0 Å². The lowest BCUT2D eigenvalue weighted by molar-refractivity contribution is -0.138. The van der Waals surface area contributed by atoms with Crippen LogP contribution >= 0.6 is 0 Å². The quantitative estimate of drug-likeness (QED) is 0.598. The van der Waals surface area contributed by atoms with Crippen LogP contribution in [-0.4, -0.2) is 49.8 Å². The van der Waals surface area contributed by atoms with E-state index in [1.165, 1.54) is 0 Å². The van der Waals surface area contributed by atoms with E-state index in [2.05, 4.69) is 4.74 Å². The van der Waals surface area contributed by atoms with Gasteiger partial charge in [-0.2, -0.15) is 0 Å². The molecule has 0 aromatic carbocycles. The predicted molar refractivity (Wildman–Crippen MR) is 42.9 cm³/mol. The first-order valence-electron chi connectivity index (χ1n) is 3.98. The lowest BCUT2D eigenvalue weighted by Gasteiger charge is -2.26. The number of primary amides is 1. The minimum Gasteiger partial charge on any atom is -0.440 e. The summed E-state index contributed by atoms with van der Waals surface area (Å²) in [5.74, 6) is -0.234. The van der Waals surface area contributed by atoms with Crippen molar-refractivity contribution < 1.29 is 19.1 Å². The second kappa shape index (κ2) is 4.66. The highest BCUT2D eigenvalue weighted by atomic mass is 16.5. The zero-order valence-electron chi connectivity index (χ0n) is 7.19. The van der Waals surface area contributed by atoms with Crippen molar-refractivity contribution in [2.75, 3.05) is 32.9 Å². The molecule has 2 amide bonds. The Morgan fingerprint density at radius 1 is 1.38 bits per heavy atom. The zero-order valence-corrected chi connectivity index (χ0v) is 7.19. The van der Waals surface area contributed by atoms with Crippen molar-refractivity contribution in [1.29, 1.82) is 0 Å². The molecule has 1 saturated heterocycles. The molecule has 0 aromatic rings. The summed E-state index contributed by atoms with van der Waals surface area (Å²) in [5, 5.41) is 0. The fourth-order valence-electron chi connectivity index (χ4n) is 1.04. The number of amides is 2. The molecule has 0 bridgehead atoms. The van der Waals surface area contributed by atoms with Crippen LogP contribution in [-0.2, 0) is 14.3 Å². The van der Waals surface area contributed by atoms with Crippen molar-refractivity contribution in [2.45, 2.75) is 0 Å². The maximum atomic E-state index is 11.2. The average molecular weight is 188 g/mol. The molecular formula is C7H12N2O4. The summed E-state index contributed by atoms with van der Waals surface area (Å²) in [6.07, 6.45) is -0.929. The molecule has 0 atom stereocenters. The first-order valence-corrected chi connectivity index (χ1v) is 3.98. The van der Waals surface area contributed by atoms with E-state index in [4.69, 9.17) is 10.5 Å². The molecule has 1 heterocycles. The molecule has 0 aromatic heterocycles. The van der Waals surface area contributed by atoms with Gasteiger partial charge in [-0.15, -0.1) is 0 Å².